The van der Waals surface area contributed by atoms with Crippen molar-refractivity contribution in [1.82, 2.24) is 19.3 Å². The lowest BCUT2D eigenvalue weighted by molar-refractivity contribution is 0.523. The van der Waals surface area contributed by atoms with Crippen molar-refractivity contribution in [3.05, 3.63) is 41.3 Å². The average Bonchev–Trinajstić information content (AvgIpc) is 2.72. The highest BCUT2D eigenvalue weighted by molar-refractivity contribution is 5.33. The average molecular weight is 205 g/mol. The highest BCUT2D eigenvalue weighted by Gasteiger charge is 1.97. The molecule has 0 radical (unpaired) electrons. The third-order valence-electron chi connectivity index (χ3n) is 2.04. The molecule has 78 valence electrons. The molecule has 0 atom stereocenters. The summed E-state index contributed by atoms with van der Waals surface area (Å²) in [4.78, 5) is 15.2. The standard InChI is InChI=1S/C9H11N5O/c10-8-1-2-9(15)13(5-8)3-4-14-7-11-6-12-14/h1-2,5-7H,3-4,10H2. The van der Waals surface area contributed by atoms with Crippen LogP contribution in [0.1, 0.15) is 0 Å². The number of anilines is 1. The van der Waals surface area contributed by atoms with Crippen molar-refractivity contribution >= 4 is 5.69 Å². The van der Waals surface area contributed by atoms with Crippen LogP contribution < -0.4 is 11.3 Å². The molecule has 6 heteroatoms. The van der Waals surface area contributed by atoms with Crippen LogP contribution in [0.2, 0.25) is 0 Å². The Morgan fingerprint density at radius 1 is 1.33 bits per heavy atom. The summed E-state index contributed by atoms with van der Waals surface area (Å²) in [6.45, 7) is 1.14. The lowest BCUT2D eigenvalue weighted by Crippen LogP contribution is -2.21. The van der Waals surface area contributed by atoms with E-state index in [1.807, 2.05) is 0 Å². The smallest absolute Gasteiger partial charge is 0.250 e. The molecule has 15 heavy (non-hydrogen) atoms. The van der Waals surface area contributed by atoms with Crippen LogP contribution in [0.25, 0.3) is 0 Å². The summed E-state index contributed by atoms with van der Waals surface area (Å²) in [6, 6.07) is 3.05. The zero-order valence-corrected chi connectivity index (χ0v) is 8.08. The Balaban J connectivity index is 2.11. The zero-order chi connectivity index (χ0) is 10.7. The van der Waals surface area contributed by atoms with Crippen LogP contribution in [0.15, 0.2) is 35.8 Å². The molecule has 0 spiro atoms. The van der Waals surface area contributed by atoms with Crippen molar-refractivity contribution in [3.63, 3.8) is 0 Å². The van der Waals surface area contributed by atoms with Gasteiger partial charge in [0.05, 0.1) is 6.54 Å². The minimum Gasteiger partial charge on any atom is -0.398 e. The third kappa shape index (κ3) is 2.22. The number of aromatic nitrogens is 4. The number of hydrogen-bond acceptors (Lipinski definition) is 4. The van der Waals surface area contributed by atoms with Gasteiger partial charge >= 0.3 is 0 Å². The van der Waals surface area contributed by atoms with Gasteiger partial charge in [-0.1, -0.05) is 0 Å². The molecular weight excluding hydrogens is 194 g/mol. The van der Waals surface area contributed by atoms with Gasteiger partial charge in [0.2, 0.25) is 0 Å². The molecule has 0 aromatic carbocycles. The van der Waals surface area contributed by atoms with Crippen LogP contribution in [0, 0.1) is 0 Å². The number of pyridine rings is 1. The number of nitrogens with zero attached hydrogens (tertiary/aromatic N) is 4. The van der Waals surface area contributed by atoms with E-state index >= 15 is 0 Å². The fourth-order valence-electron chi connectivity index (χ4n) is 1.28. The van der Waals surface area contributed by atoms with Crippen molar-refractivity contribution < 1.29 is 0 Å². The molecule has 2 aromatic rings. The lowest BCUT2D eigenvalue weighted by atomic mass is 10.4. The molecule has 2 rings (SSSR count). The second kappa shape index (κ2) is 3.95. The van der Waals surface area contributed by atoms with Crippen LogP contribution in [-0.4, -0.2) is 19.3 Å². The number of hydrogen-bond donors (Lipinski definition) is 1. The molecule has 6 nitrogen and oxygen atoms in total. The fraction of sp³-hybridized carbons (Fsp3) is 0.222. The second-order valence-corrected chi connectivity index (χ2v) is 3.15. The van der Waals surface area contributed by atoms with E-state index in [9.17, 15) is 4.79 Å². The van der Waals surface area contributed by atoms with E-state index < -0.39 is 0 Å². The Hall–Kier alpha value is -2.11. The number of nitrogen functional groups attached to an aromatic ring is 1. The largest absolute Gasteiger partial charge is 0.398 e. The van der Waals surface area contributed by atoms with Gasteiger partial charge in [0.25, 0.3) is 5.56 Å². The molecule has 2 heterocycles. The van der Waals surface area contributed by atoms with E-state index in [4.69, 9.17) is 5.73 Å². The molecule has 0 saturated carbocycles. The Morgan fingerprint density at radius 2 is 2.20 bits per heavy atom. The normalized spacial score (nSPS) is 10.4. The Bertz CT molecular complexity index is 487. The maximum absolute atomic E-state index is 11.4. The van der Waals surface area contributed by atoms with Gasteiger partial charge in [0.1, 0.15) is 12.7 Å². The fourth-order valence-corrected chi connectivity index (χ4v) is 1.28. The summed E-state index contributed by atoms with van der Waals surface area (Å²) in [5.74, 6) is 0. The van der Waals surface area contributed by atoms with E-state index in [-0.39, 0.29) is 5.56 Å². The monoisotopic (exact) mass is 205 g/mol. The summed E-state index contributed by atoms with van der Waals surface area (Å²) >= 11 is 0. The molecule has 0 aliphatic heterocycles. The first-order valence-corrected chi connectivity index (χ1v) is 4.54. The maximum Gasteiger partial charge on any atom is 0.250 e. The topological polar surface area (TPSA) is 78.7 Å². The summed E-state index contributed by atoms with van der Waals surface area (Å²) < 4.78 is 3.21. The number of nitrogens with two attached hydrogens (primary N) is 1. The Kier molecular flexibility index (Phi) is 2.49. The van der Waals surface area contributed by atoms with E-state index in [1.165, 1.54) is 12.4 Å². The summed E-state index contributed by atoms with van der Waals surface area (Å²) in [6.07, 6.45) is 4.69. The van der Waals surface area contributed by atoms with Crippen molar-refractivity contribution in [2.75, 3.05) is 5.73 Å². The summed E-state index contributed by atoms with van der Waals surface area (Å²) in [5.41, 5.74) is 6.09. The minimum atomic E-state index is -0.0654. The van der Waals surface area contributed by atoms with Gasteiger partial charge in [-0.15, -0.1) is 0 Å². The van der Waals surface area contributed by atoms with Crippen LogP contribution in [0.5, 0.6) is 0 Å². The predicted molar refractivity (Wildman–Crippen MR) is 55.1 cm³/mol. The maximum atomic E-state index is 11.4. The molecule has 0 saturated heterocycles. The van der Waals surface area contributed by atoms with Crippen molar-refractivity contribution in [2.45, 2.75) is 13.1 Å². The van der Waals surface area contributed by atoms with Gasteiger partial charge in [-0.25, -0.2) is 4.98 Å². The first-order valence-electron chi connectivity index (χ1n) is 4.54. The van der Waals surface area contributed by atoms with E-state index in [0.29, 0.717) is 18.8 Å². The number of aryl methyl sites for hydroxylation is 2. The molecule has 0 fully saturated rings. The molecule has 0 amide bonds. The molecule has 0 bridgehead atoms. The number of rotatable bonds is 3. The highest BCUT2D eigenvalue weighted by Crippen LogP contribution is 1.96. The van der Waals surface area contributed by atoms with E-state index in [2.05, 4.69) is 10.1 Å². The van der Waals surface area contributed by atoms with Crippen LogP contribution in [0.4, 0.5) is 5.69 Å². The van der Waals surface area contributed by atoms with Gasteiger partial charge < -0.3 is 10.3 Å². The molecule has 2 aromatic heterocycles. The second-order valence-electron chi connectivity index (χ2n) is 3.15. The van der Waals surface area contributed by atoms with Crippen LogP contribution >= 0.6 is 0 Å². The minimum absolute atomic E-state index is 0.0654. The molecule has 0 aliphatic carbocycles. The quantitative estimate of drug-likeness (QED) is 0.747. The van der Waals surface area contributed by atoms with Gasteiger partial charge in [-0.3, -0.25) is 9.48 Å². The summed E-state index contributed by atoms with van der Waals surface area (Å²) in [5, 5.41) is 3.94. The van der Waals surface area contributed by atoms with Crippen LogP contribution in [-0.2, 0) is 13.1 Å². The zero-order valence-electron chi connectivity index (χ0n) is 8.08. The molecular formula is C9H11N5O. The first-order chi connectivity index (χ1) is 7.25. The van der Waals surface area contributed by atoms with Gasteiger partial charge in [0, 0.05) is 24.5 Å². The van der Waals surface area contributed by atoms with Crippen molar-refractivity contribution in [2.24, 2.45) is 0 Å². The van der Waals surface area contributed by atoms with Crippen molar-refractivity contribution in [1.29, 1.82) is 0 Å². The SMILES string of the molecule is Nc1ccc(=O)n(CCn2cncn2)c1. The van der Waals surface area contributed by atoms with Gasteiger partial charge in [-0.05, 0) is 6.07 Å². The summed E-state index contributed by atoms with van der Waals surface area (Å²) in [7, 11) is 0. The van der Waals surface area contributed by atoms with Gasteiger partial charge in [0.15, 0.2) is 0 Å². The third-order valence-corrected chi connectivity index (χ3v) is 2.04. The predicted octanol–water partition coefficient (Wildman–Crippen LogP) is -0.278. The molecule has 2 N–H and O–H groups in total. The lowest BCUT2D eigenvalue weighted by Gasteiger charge is -2.05. The van der Waals surface area contributed by atoms with Crippen LogP contribution in [0.3, 0.4) is 0 Å². The van der Waals surface area contributed by atoms with E-state index in [0.717, 1.165) is 0 Å². The Morgan fingerprint density at radius 3 is 2.93 bits per heavy atom. The molecule has 0 aliphatic rings. The Labute approximate surface area is 86.0 Å². The van der Waals surface area contributed by atoms with Gasteiger partial charge in [-0.2, -0.15) is 5.10 Å². The highest BCUT2D eigenvalue weighted by atomic mass is 16.1. The molecule has 0 unspecified atom stereocenters. The van der Waals surface area contributed by atoms with Crippen molar-refractivity contribution in [3.8, 4) is 0 Å². The van der Waals surface area contributed by atoms with E-state index in [1.54, 1.807) is 27.8 Å². The first kappa shape index (κ1) is 9.45.